The van der Waals surface area contributed by atoms with Gasteiger partial charge in [0.25, 0.3) is 0 Å². The maximum atomic E-state index is 12.1. The van der Waals surface area contributed by atoms with Gasteiger partial charge in [0, 0.05) is 28.1 Å². The maximum Gasteiger partial charge on any atom is 0.310 e. The van der Waals surface area contributed by atoms with Crippen LogP contribution in [0.25, 0.3) is 32.8 Å². The number of para-hydroxylation sites is 1. The molecule has 0 aliphatic heterocycles. The second-order valence-electron chi connectivity index (χ2n) is 9.38. The molecule has 0 unspecified atom stereocenters. The number of nitrogen functional groups attached to an aromatic ring is 1. The summed E-state index contributed by atoms with van der Waals surface area (Å²) in [5.74, 6) is 0.387. The summed E-state index contributed by atoms with van der Waals surface area (Å²) in [7, 11) is 0. The van der Waals surface area contributed by atoms with Gasteiger partial charge in [0.05, 0.1) is 18.5 Å². The van der Waals surface area contributed by atoms with Crippen LogP contribution in [0.2, 0.25) is 0 Å². The predicted octanol–water partition coefficient (Wildman–Crippen LogP) is 6.70. The molecular weight excluding hydrogens is 462 g/mol. The van der Waals surface area contributed by atoms with Gasteiger partial charge in [-0.25, -0.2) is 0 Å². The number of fused-ring (bicyclic) bond motifs is 2. The number of ether oxygens (including phenoxy) is 2. The van der Waals surface area contributed by atoms with Crippen LogP contribution < -0.4 is 10.5 Å². The Hall–Kier alpha value is -4.32. The van der Waals surface area contributed by atoms with Gasteiger partial charge in [-0.05, 0) is 67.6 Å². The van der Waals surface area contributed by atoms with Crippen molar-refractivity contribution in [2.24, 2.45) is 0 Å². The third-order valence-corrected chi connectivity index (χ3v) is 6.50. The van der Waals surface area contributed by atoms with Crippen molar-refractivity contribution in [2.75, 3.05) is 12.3 Å². The normalized spacial score (nSPS) is 11.4. The lowest BCUT2D eigenvalue weighted by atomic mass is 9.99. The van der Waals surface area contributed by atoms with Gasteiger partial charge < -0.3 is 15.2 Å². The van der Waals surface area contributed by atoms with Crippen LogP contribution >= 0.6 is 0 Å². The lowest BCUT2D eigenvalue weighted by Gasteiger charge is -2.11. The van der Waals surface area contributed by atoms with Gasteiger partial charge in [0.15, 0.2) is 0 Å². The molecule has 0 saturated heterocycles. The van der Waals surface area contributed by atoms with Crippen molar-refractivity contribution >= 4 is 33.3 Å². The van der Waals surface area contributed by atoms with Crippen molar-refractivity contribution in [1.82, 2.24) is 9.78 Å². The van der Waals surface area contributed by atoms with Gasteiger partial charge in [0.2, 0.25) is 0 Å². The highest BCUT2D eigenvalue weighted by Gasteiger charge is 2.16. The number of rotatable bonds is 8. The van der Waals surface area contributed by atoms with Crippen LogP contribution in [0.3, 0.4) is 0 Å². The van der Waals surface area contributed by atoms with Gasteiger partial charge in [-0.3, -0.25) is 9.48 Å². The number of carbonyl (C=O) groups excluding carboxylic acids is 1. The summed E-state index contributed by atoms with van der Waals surface area (Å²) in [6.07, 6.45) is 0.167. The maximum absolute atomic E-state index is 12.1. The first kappa shape index (κ1) is 24.4. The molecule has 0 fully saturated rings. The van der Waals surface area contributed by atoms with Gasteiger partial charge in [-0.2, -0.15) is 5.10 Å². The van der Waals surface area contributed by atoms with E-state index in [1.54, 1.807) is 6.92 Å². The van der Waals surface area contributed by atoms with Crippen LogP contribution in [0.15, 0.2) is 78.9 Å². The summed E-state index contributed by atoms with van der Waals surface area (Å²) >= 11 is 0. The number of anilines is 1. The Labute approximate surface area is 216 Å². The van der Waals surface area contributed by atoms with Crippen LogP contribution in [0.5, 0.6) is 5.75 Å². The Bertz CT molecular complexity index is 1590. The molecule has 5 aromatic rings. The summed E-state index contributed by atoms with van der Waals surface area (Å²) in [6, 6.07) is 26.5. The van der Waals surface area contributed by atoms with Crippen molar-refractivity contribution in [2.45, 2.75) is 39.8 Å². The zero-order chi connectivity index (χ0) is 25.9. The van der Waals surface area contributed by atoms with Gasteiger partial charge in [0.1, 0.15) is 18.1 Å². The molecule has 0 atom stereocenters. The SMILES string of the molecule is CCOC(=O)Cc1ccccc1OCc1nn(C(C)C)c2ccc(-c3ccc4cccc(N)c4c3)cc12. The summed E-state index contributed by atoms with van der Waals surface area (Å²) in [5, 5.41) is 8.10. The minimum Gasteiger partial charge on any atom is -0.487 e. The molecule has 5 rings (SSSR count). The molecule has 0 saturated carbocycles. The Morgan fingerprint density at radius 1 is 0.946 bits per heavy atom. The highest BCUT2D eigenvalue weighted by molar-refractivity contribution is 5.97. The van der Waals surface area contributed by atoms with Crippen molar-refractivity contribution in [3.05, 3.63) is 90.1 Å². The summed E-state index contributed by atoms with van der Waals surface area (Å²) in [6.45, 7) is 6.67. The molecule has 37 heavy (non-hydrogen) atoms. The molecule has 0 amide bonds. The standard InChI is InChI=1S/C31H31N3O3/c1-4-36-31(35)18-24-8-5-6-11-30(24)37-19-28-26-17-23(14-15-29(26)34(33-28)20(2)3)22-13-12-21-9-7-10-27(32)25(21)16-22/h5-17,20H,4,18-19,32H2,1-3H3. The number of aromatic nitrogens is 2. The first-order valence-electron chi connectivity index (χ1n) is 12.6. The lowest BCUT2D eigenvalue weighted by Crippen LogP contribution is -2.09. The van der Waals surface area contributed by atoms with Crippen molar-refractivity contribution in [3.63, 3.8) is 0 Å². The lowest BCUT2D eigenvalue weighted by molar-refractivity contribution is -0.142. The monoisotopic (exact) mass is 493 g/mol. The van der Waals surface area contributed by atoms with E-state index in [0.717, 1.165) is 49.7 Å². The van der Waals surface area contributed by atoms with E-state index in [4.69, 9.17) is 20.3 Å². The fourth-order valence-electron chi connectivity index (χ4n) is 4.67. The Kier molecular flexibility index (Phi) is 6.82. The second-order valence-corrected chi connectivity index (χ2v) is 9.38. The molecule has 0 bridgehead atoms. The number of hydrogen-bond donors (Lipinski definition) is 1. The Morgan fingerprint density at radius 2 is 1.70 bits per heavy atom. The minimum atomic E-state index is -0.270. The minimum absolute atomic E-state index is 0.167. The number of carbonyl (C=O) groups is 1. The van der Waals surface area contributed by atoms with E-state index in [-0.39, 0.29) is 25.0 Å². The molecule has 0 aliphatic carbocycles. The number of nitrogens with zero attached hydrogens (tertiary/aromatic N) is 2. The molecule has 0 aliphatic rings. The fourth-order valence-corrected chi connectivity index (χ4v) is 4.67. The third kappa shape index (κ3) is 5.00. The third-order valence-electron chi connectivity index (χ3n) is 6.50. The molecule has 6 heteroatoms. The van der Waals surface area contributed by atoms with E-state index >= 15 is 0 Å². The molecule has 0 spiro atoms. The van der Waals surface area contributed by atoms with E-state index in [1.807, 2.05) is 41.1 Å². The van der Waals surface area contributed by atoms with Crippen LogP contribution in [-0.4, -0.2) is 22.4 Å². The second kappa shape index (κ2) is 10.3. The van der Waals surface area contributed by atoms with E-state index in [1.165, 1.54) is 0 Å². The summed E-state index contributed by atoms with van der Waals surface area (Å²) < 4.78 is 13.4. The molecule has 1 heterocycles. The van der Waals surface area contributed by atoms with Crippen LogP contribution in [0, 0.1) is 0 Å². The highest BCUT2D eigenvalue weighted by atomic mass is 16.5. The number of nitrogens with two attached hydrogens (primary N) is 1. The molecular formula is C31H31N3O3. The molecule has 0 radical (unpaired) electrons. The smallest absolute Gasteiger partial charge is 0.310 e. The fraction of sp³-hybridized carbons (Fsp3) is 0.226. The zero-order valence-electron chi connectivity index (χ0n) is 21.4. The Morgan fingerprint density at radius 3 is 2.49 bits per heavy atom. The van der Waals surface area contributed by atoms with Crippen LogP contribution in [0.1, 0.15) is 38.1 Å². The van der Waals surface area contributed by atoms with Crippen LogP contribution in [-0.2, 0) is 22.6 Å². The molecule has 6 nitrogen and oxygen atoms in total. The quantitative estimate of drug-likeness (QED) is 0.192. The predicted molar refractivity (Wildman–Crippen MR) is 149 cm³/mol. The first-order chi connectivity index (χ1) is 17.9. The zero-order valence-corrected chi connectivity index (χ0v) is 21.4. The van der Waals surface area contributed by atoms with E-state index in [2.05, 4.69) is 56.3 Å². The number of esters is 1. The van der Waals surface area contributed by atoms with Crippen molar-refractivity contribution in [3.8, 4) is 16.9 Å². The summed E-state index contributed by atoms with van der Waals surface area (Å²) in [4.78, 5) is 12.1. The van der Waals surface area contributed by atoms with E-state index in [9.17, 15) is 4.79 Å². The number of benzene rings is 4. The topological polar surface area (TPSA) is 79.4 Å². The first-order valence-corrected chi connectivity index (χ1v) is 12.6. The van der Waals surface area contributed by atoms with E-state index in [0.29, 0.717) is 12.4 Å². The van der Waals surface area contributed by atoms with Gasteiger partial charge in [-0.1, -0.05) is 48.5 Å². The number of hydrogen-bond acceptors (Lipinski definition) is 5. The largest absolute Gasteiger partial charge is 0.487 e. The Balaban J connectivity index is 1.50. The van der Waals surface area contributed by atoms with Gasteiger partial charge in [-0.15, -0.1) is 0 Å². The molecule has 4 aromatic carbocycles. The average molecular weight is 494 g/mol. The molecule has 2 N–H and O–H groups in total. The van der Waals surface area contributed by atoms with Gasteiger partial charge >= 0.3 is 5.97 Å². The molecule has 1 aromatic heterocycles. The highest BCUT2D eigenvalue weighted by Crippen LogP contribution is 2.32. The van der Waals surface area contributed by atoms with Crippen LogP contribution in [0.4, 0.5) is 5.69 Å². The average Bonchev–Trinajstić information content (AvgIpc) is 3.27. The molecule has 188 valence electrons. The summed E-state index contributed by atoms with van der Waals surface area (Å²) in [5.41, 5.74) is 11.9. The van der Waals surface area contributed by atoms with Crippen molar-refractivity contribution < 1.29 is 14.3 Å². The van der Waals surface area contributed by atoms with Crippen molar-refractivity contribution in [1.29, 1.82) is 0 Å². The van der Waals surface area contributed by atoms with E-state index < -0.39 is 0 Å².